The van der Waals surface area contributed by atoms with E-state index in [1.807, 2.05) is 29.7 Å². The minimum Gasteiger partial charge on any atom is -0.486 e. The molecule has 3 N–H and O–H groups in total. The molecule has 7 nitrogen and oxygen atoms in total. The standard InChI is InChI=1S/C19H19N3O4/c1-11(20)18-21-14-8-16-17(26-6-5-25-16)9-15(14)22(18)10-12-3-2-4-13(7-12)19(23)24/h2-4,7-9,11H,5-6,10,20H2,1H3,(H,23,24). The lowest BCUT2D eigenvalue weighted by Gasteiger charge is -2.18. The summed E-state index contributed by atoms with van der Waals surface area (Å²) < 4.78 is 13.3. The van der Waals surface area contributed by atoms with Crippen molar-refractivity contribution >= 4 is 17.0 Å². The van der Waals surface area contributed by atoms with Crippen molar-refractivity contribution in [2.75, 3.05) is 13.2 Å². The van der Waals surface area contributed by atoms with Crippen LogP contribution >= 0.6 is 0 Å². The number of ether oxygens (including phenoxy) is 2. The molecule has 1 aliphatic heterocycles. The number of hydrogen-bond donors (Lipinski definition) is 2. The minimum atomic E-state index is -0.950. The van der Waals surface area contributed by atoms with Gasteiger partial charge in [0.25, 0.3) is 0 Å². The number of hydrogen-bond acceptors (Lipinski definition) is 5. The van der Waals surface area contributed by atoms with Crippen LogP contribution in [-0.2, 0) is 6.54 Å². The molecule has 1 atom stereocenters. The number of aromatic nitrogens is 2. The fourth-order valence-corrected chi connectivity index (χ4v) is 3.18. The highest BCUT2D eigenvalue weighted by atomic mass is 16.6. The number of nitrogens with zero attached hydrogens (tertiary/aromatic N) is 2. The van der Waals surface area contributed by atoms with Gasteiger partial charge in [-0.05, 0) is 24.6 Å². The van der Waals surface area contributed by atoms with Gasteiger partial charge in [-0.3, -0.25) is 0 Å². The summed E-state index contributed by atoms with van der Waals surface area (Å²) >= 11 is 0. The molecule has 26 heavy (non-hydrogen) atoms. The van der Waals surface area contributed by atoms with E-state index in [-0.39, 0.29) is 11.6 Å². The van der Waals surface area contributed by atoms with E-state index >= 15 is 0 Å². The molecule has 0 radical (unpaired) electrons. The zero-order chi connectivity index (χ0) is 18.3. The monoisotopic (exact) mass is 353 g/mol. The van der Waals surface area contributed by atoms with E-state index in [1.54, 1.807) is 18.2 Å². The number of aromatic carboxylic acids is 1. The Labute approximate surface area is 150 Å². The number of rotatable bonds is 4. The first-order valence-electron chi connectivity index (χ1n) is 8.40. The van der Waals surface area contributed by atoms with Gasteiger partial charge in [0.1, 0.15) is 19.0 Å². The van der Waals surface area contributed by atoms with E-state index in [2.05, 4.69) is 4.98 Å². The molecule has 0 aliphatic carbocycles. The number of carboxylic acids is 1. The Morgan fingerprint density at radius 3 is 2.69 bits per heavy atom. The average Bonchev–Trinajstić information content (AvgIpc) is 2.98. The Balaban J connectivity index is 1.83. The number of carboxylic acid groups (broad SMARTS) is 1. The van der Waals surface area contributed by atoms with Gasteiger partial charge < -0.3 is 24.9 Å². The molecule has 0 amide bonds. The molecule has 3 aromatic rings. The molecule has 1 aliphatic rings. The Hall–Kier alpha value is -3.06. The summed E-state index contributed by atoms with van der Waals surface area (Å²) in [6, 6.07) is 10.4. The van der Waals surface area contributed by atoms with Gasteiger partial charge in [-0.25, -0.2) is 9.78 Å². The summed E-state index contributed by atoms with van der Waals surface area (Å²) in [5.74, 6) is 1.13. The number of nitrogens with two attached hydrogens (primary N) is 1. The first-order valence-corrected chi connectivity index (χ1v) is 8.40. The van der Waals surface area contributed by atoms with E-state index in [0.29, 0.717) is 31.3 Å². The zero-order valence-electron chi connectivity index (χ0n) is 14.3. The molecule has 1 unspecified atom stereocenters. The summed E-state index contributed by atoms with van der Waals surface area (Å²) in [7, 11) is 0. The molecule has 0 saturated carbocycles. The molecule has 2 heterocycles. The highest BCUT2D eigenvalue weighted by Gasteiger charge is 2.20. The van der Waals surface area contributed by atoms with Crippen LogP contribution in [0.2, 0.25) is 0 Å². The van der Waals surface area contributed by atoms with E-state index in [9.17, 15) is 9.90 Å². The molecular formula is C19H19N3O4. The van der Waals surface area contributed by atoms with Gasteiger partial charge in [0.05, 0.1) is 22.6 Å². The van der Waals surface area contributed by atoms with E-state index in [0.717, 1.165) is 22.4 Å². The van der Waals surface area contributed by atoms with Crippen molar-refractivity contribution in [2.45, 2.75) is 19.5 Å². The van der Waals surface area contributed by atoms with Crippen molar-refractivity contribution < 1.29 is 19.4 Å². The van der Waals surface area contributed by atoms with Gasteiger partial charge in [-0.15, -0.1) is 0 Å². The van der Waals surface area contributed by atoms with Crippen molar-refractivity contribution in [3.63, 3.8) is 0 Å². The van der Waals surface area contributed by atoms with Crippen LogP contribution in [0.5, 0.6) is 11.5 Å². The number of benzene rings is 2. The van der Waals surface area contributed by atoms with Crippen LogP contribution in [0.25, 0.3) is 11.0 Å². The lowest BCUT2D eigenvalue weighted by atomic mass is 10.1. The van der Waals surface area contributed by atoms with Crippen LogP contribution in [0, 0.1) is 0 Å². The molecule has 0 saturated heterocycles. The molecule has 7 heteroatoms. The van der Waals surface area contributed by atoms with Crippen LogP contribution in [0.3, 0.4) is 0 Å². The predicted molar refractivity (Wildman–Crippen MR) is 95.8 cm³/mol. The van der Waals surface area contributed by atoms with Crippen molar-refractivity contribution in [1.82, 2.24) is 9.55 Å². The molecule has 134 valence electrons. The average molecular weight is 353 g/mol. The molecule has 0 bridgehead atoms. The Kier molecular flexibility index (Phi) is 4.00. The first kappa shape index (κ1) is 16.4. The van der Waals surface area contributed by atoms with Crippen LogP contribution in [0.15, 0.2) is 36.4 Å². The molecule has 2 aromatic carbocycles. The maximum absolute atomic E-state index is 11.2. The smallest absolute Gasteiger partial charge is 0.335 e. The second-order valence-corrected chi connectivity index (χ2v) is 6.33. The maximum atomic E-state index is 11.2. The lowest BCUT2D eigenvalue weighted by Crippen LogP contribution is -2.16. The van der Waals surface area contributed by atoms with E-state index < -0.39 is 5.97 Å². The fraction of sp³-hybridized carbons (Fsp3) is 0.263. The van der Waals surface area contributed by atoms with Gasteiger partial charge in [0, 0.05) is 18.7 Å². The Morgan fingerprint density at radius 1 is 1.27 bits per heavy atom. The van der Waals surface area contributed by atoms with Crippen molar-refractivity contribution in [3.05, 3.63) is 53.3 Å². The van der Waals surface area contributed by atoms with Gasteiger partial charge in [0.2, 0.25) is 0 Å². The summed E-state index contributed by atoms with van der Waals surface area (Å²) in [5, 5.41) is 9.21. The van der Waals surface area contributed by atoms with Gasteiger partial charge in [-0.2, -0.15) is 0 Å². The summed E-state index contributed by atoms with van der Waals surface area (Å²) in [6.07, 6.45) is 0. The summed E-state index contributed by atoms with van der Waals surface area (Å²) in [6.45, 7) is 3.36. The predicted octanol–water partition coefficient (Wildman–Crippen LogP) is 2.57. The second-order valence-electron chi connectivity index (χ2n) is 6.33. The van der Waals surface area contributed by atoms with Crippen LogP contribution in [0.1, 0.15) is 34.7 Å². The summed E-state index contributed by atoms with van der Waals surface area (Å²) in [5.41, 5.74) is 8.89. The molecule has 4 rings (SSSR count). The van der Waals surface area contributed by atoms with E-state index in [4.69, 9.17) is 15.2 Å². The first-order chi connectivity index (χ1) is 12.5. The molecule has 1 aromatic heterocycles. The molecular weight excluding hydrogens is 334 g/mol. The maximum Gasteiger partial charge on any atom is 0.335 e. The van der Waals surface area contributed by atoms with Gasteiger partial charge >= 0.3 is 5.97 Å². The molecule has 0 fully saturated rings. The zero-order valence-corrected chi connectivity index (χ0v) is 14.3. The minimum absolute atomic E-state index is 0.253. The van der Waals surface area contributed by atoms with Gasteiger partial charge in [-0.1, -0.05) is 12.1 Å². The number of carbonyl (C=O) groups is 1. The third kappa shape index (κ3) is 2.86. The SMILES string of the molecule is CC(N)c1nc2cc3c(cc2n1Cc1cccc(C(=O)O)c1)OCCO3. The van der Waals surface area contributed by atoms with Crippen LogP contribution in [0.4, 0.5) is 0 Å². The lowest BCUT2D eigenvalue weighted by molar-refractivity contribution is 0.0696. The summed E-state index contributed by atoms with van der Waals surface area (Å²) in [4.78, 5) is 15.9. The third-order valence-electron chi connectivity index (χ3n) is 4.36. The number of fused-ring (bicyclic) bond motifs is 2. The van der Waals surface area contributed by atoms with Crippen LogP contribution in [-0.4, -0.2) is 33.8 Å². The van der Waals surface area contributed by atoms with Crippen molar-refractivity contribution in [3.8, 4) is 11.5 Å². The largest absolute Gasteiger partial charge is 0.486 e. The Bertz CT molecular complexity index is 994. The molecule has 0 spiro atoms. The highest BCUT2D eigenvalue weighted by molar-refractivity contribution is 5.87. The second kappa shape index (κ2) is 6.34. The normalized spacial score (nSPS) is 14.4. The topological polar surface area (TPSA) is 99.6 Å². The van der Waals surface area contributed by atoms with Gasteiger partial charge in [0.15, 0.2) is 11.5 Å². The van der Waals surface area contributed by atoms with Crippen molar-refractivity contribution in [1.29, 1.82) is 0 Å². The highest BCUT2D eigenvalue weighted by Crippen LogP contribution is 2.35. The van der Waals surface area contributed by atoms with Crippen molar-refractivity contribution in [2.24, 2.45) is 5.73 Å². The van der Waals surface area contributed by atoms with Crippen LogP contribution < -0.4 is 15.2 Å². The fourth-order valence-electron chi connectivity index (χ4n) is 3.18. The Morgan fingerprint density at radius 2 is 2.00 bits per heavy atom. The number of imidazole rings is 1. The quantitative estimate of drug-likeness (QED) is 0.748. The van der Waals surface area contributed by atoms with E-state index in [1.165, 1.54) is 0 Å². The third-order valence-corrected chi connectivity index (χ3v) is 4.36.